The maximum absolute atomic E-state index is 4.53. The van der Waals surface area contributed by atoms with Gasteiger partial charge in [0.15, 0.2) is 0 Å². The van der Waals surface area contributed by atoms with Crippen LogP contribution in [-0.2, 0) is 52.0 Å². The Kier molecular flexibility index (Phi) is 20.1. The molecule has 4 aromatic carbocycles. The van der Waals surface area contributed by atoms with Gasteiger partial charge in [-0.25, -0.2) is 0 Å². The van der Waals surface area contributed by atoms with Crippen LogP contribution in [0.25, 0.3) is 0 Å². The summed E-state index contributed by atoms with van der Waals surface area (Å²) < 4.78 is 0. The first-order chi connectivity index (χ1) is 28.7. The van der Waals surface area contributed by atoms with Gasteiger partial charge in [-0.3, -0.25) is 0 Å². The summed E-state index contributed by atoms with van der Waals surface area (Å²) in [6, 6.07) is 0. The van der Waals surface area contributed by atoms with Gasteiger partial charge in [-0.05, 0) is 253 Å². The molecule has 0 spiro atoms. The second-order valence-corrected chi connectivity index (χ2v) is 18.6. The second-order valence-electron chi connectivity index (χ2n) is 18.6. The van der Waals surface area contributed by atoms with Crippen molar-refractivity contribution in [1.82, 2.24) is 5.01 Å². The molecule has 0 amide bonds. The first-order valence-corrected chi connectivity index (χ1v) is 22.4. The minimum atomic E-state index is 0. The van der Waals surface area contributed by atoms with Crippen LogP contribution in [0.15, 0.2) is 32.4 Å². The topological polar surface area (TPSA) is 52.7 Å². The number of hydrogen-bond donors (Lipinski definition) is 0. The zero-order chi connectivity index (χ0) is 47.4. The van der Waals surface area contributed by atoms with Crippen LogP contribution in [0.3, 0.4) is 0 Å². The van der Waals surface area contributed by atoms with E-state index in [1.54, 1.807) is 11.1 Å². The average molecular weight is 924 g/mol. The second kappa shape index (κ2) is 22.9. The number of fused-ring (bicyclic) bond motifs is 2. The number of aliphatic imine (C=N–C) groups is 1. The Morgan fingerprint density at radius 1 is 0.444 bits per heavy atom. The van der Waals surface area contributed by atoms with E-state index in [9.17, 15) is 0 Å². The molecule has 0 aromatic heterocycles. The molecule has 0 fully saturated rings. The van der Waals surface area contributed by atoms with Crippen molar-refractivity contribution in [2.45, 2.75) is 172 Å². The van der Waals surface area contributed by atoms with Crippen molar-refractivity contribution in [3.8, 4) is 0 Å². The van der Waals surface area contributed by atoms with E-state index in [-0.39, 0.29) is 32.7 Å². The van der Waals surface area contributed by atoms with Crippen LogP contribution in [-0.4, -0.2) is 42.5 Å². The van der Waals surface area contributed by atoms with E-state index in [0.29, 0.717) is 0 Å². The summed E-state index contributed by atoms with van der Waals surface area (Å²) >= 11 is 0. The molecule has 1 aliphatic carbocycles. The van der Waals surface area contributed by atoms with Crippen molar-refractivity contribution < 1.29 is 32.7 Å². The van der Waals surface area contributed by atoms with Crippen LogP contribution in [0.2, 0.25) is 0 Å². The normalized spacial score (nSPS) is 12.6. The van der Waals surface area contributed by atoms with Crippen LogP contribution < -0.4 is 0 Å². The van der Waals surface area contributed by atoms with Crippen LogP contribution in [0, 0.1) is 125 Å². The molecule has 5 nitrogen and oxygen atoms in total. The summed E-state index contributed by atoms with van der Waals surface area (Å²) in [6.07, 6.45) is 6.14. The molecule has 0 bridgehead atoms. The van der Waals surface area contributed by atoms with E-state index in [1.807, 2.05) is 39.9 Å². The molecule has 0 saturated heterocycles. The molecule has 0 N–H and O–H groups in total. The van der Waals surface area contributed by atoms with Gasteiger partial charge in [-0.2, -0.15) is 21.5 Å². The molecular formula is C57H80N5Y-. The molecule has 0 saturated carbocycles. The third-order valence-electron chi connectivity index (χ3n) is 14.5. The molecule has 1 aliphatic heterocycles. The maximum atomic E-state index is 4.53. The summed E-state index contributed by atoms with van der Waals surface area (Å²) in [5, 5.41) is 14.9. The Bertz CT molecular complexity index is 2440. The van der Waals surface area contributed by atoms with Gasteiger partial charge in [0.2, 0.25) is 0 Å². The first kappa shape index (κ1) is 55.3. The van der Waals surface area contributed by atoms with Gasteiger partial charge in [-0.15, -0.1) is 11.1 Å². The molecule has 6 rings (SSSR count). The Balaban J connectivity index is 0.000000289. The quantitative estimate of drug-likeness (QED) is 0.0871. The van der Waals surface area contributed by atoms with Crippen LogP contribution in [0.4, 0.5) is 5.69 Å². The minimum Gasteiger partial charge on any atom is -0.455 e. The SMILES string of the molecule is C/C(=N\N(C)C)c1c(C)c(C)c(C)c(C)c1C.C=C1Cc2c(C)c(C)c(C)c(C)c2C1.CC(C)=N/N=C(\C)c1c(C)c(C)c(C)c(C)c1C.Cc1c(C)c(C)c2c(c1C)C[C-]=N2.[Y]. The number of hydrazone groups is 1. The van der Waals surface area contributed by atoms with E-state index in [0.717, 1.165) is 36.4 Å². The average Bonchev–Trinajstić information content (AvgIpc) is 3.88. The van der Waals surface area contributed by atoms with Crippen LogP contribution in [0.1, 0.15) is 156 Å². The van der Waals surface area contributed by atoms with Crippen molar-refractivity contribution in [3.63, 3.8) is 0 Å². The van der Waals surface area contributed by atoms with Gasteiger partial charge in [-0.1, -0.05) is 42.3 Å². The maximum Gasteiger partial charge on any atom is 0.0677 e. The fraction of sp³-hybridized carbons (Fsp3) is 0.474. The molecule has 63 heavy (non-hydrogen) atoms. The summed E-state index contributed by atoms with van der Waals surface area (Å²) in [5.41, 5.74) is 37.7. The largest absolute Gasteiger partial charge is 0.455 e. The Morgan fingerprint density at radius 2 is 0.762 bits per heavy atom. The molecule has 1 radical (unpaired) electrons. The number of hydrogen-bond acceptors (Lipinski definition) is 5. The van der Waals surface area contributed by atoms with Gasteiger partial charge >= 0.3 is 0 Å². The monoisotopic (exact) mass is 924 g/mol. The van der Waals surface area contributed by atoms with Crippen molar-refractivity contribution in [2.75, 3.05) is 14.1 Å². The zero-order valence-corrected chi connectivity index (χ0v) is 47.0. The third kappa shape index (κ3) is 12.1. The number of nitrogens with zero attached hydrogens (tertiary/aromatic N) is 5. The van der Waals surface area contributed by atoms with Crippen LogP contribution in [0.5, 0.6) is 0 Å². The summed E-state index contributed by atoms with van der Waals surface area (Å²) in [6.45, 7) is 51.7. The van der Waals surface area contributed by atoms with E-state index in [2.05, 4.69) is 165 Å². The molecule has 1 heterocycles. The van der Waals surface area contributed by atoms with Gasteiger partial charge < -0.3 is 10.0 Å². The minimum absolute atomic E-state index is 0. The van der Waals surface area contributed by atoms with Crippen molar-refractivity contribution >= 4 is 29.0 Å². The fourth-order valence-electron chi connectivity index (χ4n) is 9.10. The van der Waals surface area contributed by atoms with Gasteiger partial charge in [0.25, 0.3) is 0 Å². The van der Waals surface area contributed by atoms with Gasteiger partial charge in [0, 0.05) is 63.6 Å². The fourth-order valence-corrected chi connectivity index (χ4v) is 9.10. The summed E-state index contributed by atoms with van der Waals surface area (Å²) in [5.74, 6) is 0. The Morgan fingerprint density at radius 3 is 1.13 bits per heavy atom. The standard InChI is InChI=1S/C16H24N2.C15H24N2.C14H18.C12H14N.Y/c1-9(2)17-18-15(8)16-13(6)11(4)10(3)12(5)14(16)7;1-9-10(2)12(4)15(13(5)11(9)3)14(6)16-17(7)8;1-8-6-13-11(4)9(2)10(3)12(5)14(13)7-8;1-7-8(2)10(4)12-11(9(7)3)5-6-13-12;/h1-8H3;1-8H3;1,6-7H2,2-5H3;5H2,1-4H3;/q;;;-1;/b18-15+;16-14+;;;. The first-order valence-electron chi connectivity index (χ1n) is 22.4. The number of rotatable bonds is 4. The van der Waals surface area contributed by atoms with Crippen molar-refractivity contribution in [1.29, 1.82) is 0 Å². The van der Waals surface area contributed by atoms with E-state index in [1.165, 1.54) is 128 Å². The Hall–Kier alpha value is -3.80. The van der Waals surface area contributed by atoms with E-state index >= 15 is 0 Å². The molecular weight excluding hydrogens is 844 g/mol. The molecule has 2 aliphatic rings. The van der Waals surface area contributed by atoms with E-state index < -0.39 is 0 Å². The summed E-state index contributed by atoms with van der Waals surface area (Å²) in [4.78, 5) is 4.31. The van der Waals surface area contributed by atoms with Gasteiger partial charge in [0.1, 0.15) is 0 Å². The third-order valence-corrected chi connectivity index (χ3v) is 14.5. The van der Waals surface area contributed by atoms with Crippen molar-refractivity contribution in [2.24, 2.45) is 20.3 Å². The molecule has 337 valence electrons. The predicted molar refractivity (Wildman–Crippen MR) is 275 cm³/mol. The van der Waals surface area contributed by atoms with Gasteiger partial charge in [0.05, 0.1) is 11.4 Å². The molecule has 6 heteroatoms. The molecule has 0 unspecified atom stereocenters. The van der Waals surface area contributed by atoms with Crippen LogP contribution >= 0.6 is 0 Å². The Labute approximate surface area is 410 Å². The number of benzene rings is 4. The molecule has 4 aromatic rings. The summed E-state index contributed by atoms with van der Waals surface area (Å²) in [7, 11) is 3.92. The smallest absolute Gasteiger partial charge is 0.0677 e. The van der Waals surface area contributed by atoms with E-state index in [4.69, 9.17) is 0 Å². The van der Waals surface area contributed by atoms with Crippen molar-refractivity contribution in [3.05, 3.63) is 140 Å². The predicted octanol–water partition coefficient (Wildman–Crippen LogP) is 14.6. The molecule has 0 atom stereocenters. The number of allylic oxidation sites excluding steroid dienone is 1. The zero-order valence-electron chi connectivity index (χ0n) is 44.1.